The fourth-order valence-electron chi connectivity index (χ4n) is 4.26. The van der Waals surface area contributed by atoms with Crippen molar-refractivity contribution in [2.75, 3.05) is 31.1 Å². The third kappa shape index (κ3) is 5.00. The molecule has 2 fully saturated rings. The highest BCUT2D eigenvalue weighted by Crippen LogP contribution is 2.38. The standard InChI is InChI=1S/C23H26F2N8O2S2/c1-3-14(2)21(34)32-8-6-31(7-9-32)17-10-15(37(35)30-23(13-26)4-5-23)11-18-16(17)12-27-33(18)22-29-28-20(36-22)19(24)25/h10-12,14,19,30H,3-9H2,1-2H3. The van der Waals surface area contributed by atoms with Gasteiger partial charge in [-0.25, -0.2) is 13.5 Å². The summed E-state index contributed by atoms with van der Waals surface area (Å²) in [4.78, 5) is 17.1. The van der Waals surface area contributed by atoms with Gasteiger partial charge in [0.25, 0.3) is 6.43 Å². The molecule has 1 amide bonds. The number of benzene rings is 1. The van der Waals surface area contributed by atoms with Crippen molar-refractivity contribution in [3.05, 3.63) is 23.3 Å². The van der Waals surface area contributed by atoms with E-state index >= 15 is 0 Å². The summed E-state index contributed by atoms with van der Waals surface area (Å²) in [7, 11) is 0. The smallest absolute Gasteiger partial charge is 0.291 e. The van der Waals surface area contributed by atoms with E-state index < -0.39 is 28.3 Å². The third-order valence-corrected chi connectivity index (χ3v) is 9.02. The Labute approximate surface area is 219 Å². The van der Waals surface area contributed by atoms with Crippen LogP contribution in [0.4, 0.5) is 14.5 Å². The second-order valence-corrected chi connectivity index (χ2v) is 11.5. The first kappa shape index (κ1) is 25.8. The summed E-state index contributed by atoms with van der Waals surface area (Å²) in [5, 5.41) is 21.8. The molecule has 196 valence electrons. The Morgan fingerprint density at radius 3 is 2.62 bits per heavy atom. The molecular weight excluding hydrogens is 522 g/mol. The summed E-state index contributed by atoms with van der Waals surface area (Å²) < 4.78 is 43.9. The number of aromatic nitrogens is 4. The quantitative estimate of drug-likeness (QED) is 0.426. The number of alkyl halides is 2. The van der Waals surface area contributed by atoms with Crippen molar-refractivity contribution in [1.82, 2.24) is 29.6 Å². The van der Waals surface area contributed by atoms with Crippen LogP contribution in [0.15, 0.2) is 23.2 Å². The van der Waals surface area contributed by atoms with Gasteiger partial charge in [0.2, 0.25) is 11.0 Å². The van der Waals surface area contributed by atoms with Gasteiger partial charge in [-0.05, 0) is 19.3 Å². The van der Waals surface area contributed by atoms with Crippen molar-refractivity contribution in [2.45, 2.75) is 50.0 Å². The first-order valence-corrected chi connectivity index (χ1v) is 14.0. The van der Waals surface area contributed by atoms with E-state index in [-0.39, 0.29) is 17.0 Å². The van der Waals surface area contributed by atoms with Crippen molar-refractivity contribution in [2.24, 2.45) is 5.92 Å². The number of hydrogen-bond donors (Lipinski definition) is 1. The monoisotopic (exact) mass is 548 g/mol. The van der Waals surface area contributed by atoms with E-state index in [0.29, 0.717) is 49.4 Å². The highest BCUT2D eigenvalue weighted by molar-refractivity contribution is 7.89. The molecule has 1 saturated heterocycles. The molecule has 2 atom stereocenters. The maximum atomic E-state index is 13.3. The van der Waals surface area contributed by atoms with Gasteiger partial charge in [0.05, 0.1) is 34.8 Å². The van der Waals surface area contributed by atoms with Crippen molar-refractivity contribution in [1.29, 1.82) is 5.26 Å². The molecule has 1 aliphatic carbocycles. The molecule has 0 bridgehead atoms. The number of nitrogens with zero attached hydrogens (tertiary/aromatic N) is 7. The van der Waals surface area contributed by atoms with Gasteiger partial charge < -0.3 is 14.4 Å². The number of carbonyl (C=O) groups excluding carboxylic acids is 1. The van der Waals surface area contributed by atoms with Crippen LogP contribution in [-0.2, 0) is 16.2 Å². The van der Waals surface area contributed by atoms with Crippen LogP contribution in [0.3, 0.4) is 0 Å². The van der Waals surface area contributed by atoms with Gasteiger partial charge in [0.1, 0.15) is 5.54 Å². The van der Waals surface area contributed by atoms with Crippen molar-refractivity contribution < 1.29 is 18.1 Å². The predicted octanol–water partition coefficient (Wildman–Crippen LogP) is 3.18. The Morgan fingerprint density at radius 2 is 2.03 bits per heavy atom. The lowest BCUT2D eigenvalue weighted by molar-refractivity contribution is -0.135. The molecule has 0 spiro atoms. The maximum absolute atomic E-state index is 13.3. The van der Waals surface area contributed by atoms with E-state index in [1.54, 1.807) is 12.3 Å². The number of hydrogen-bond acceptors (Lipinski definition) is 9. The lowest BCUT2D eigenvalue weighted by Crippen LogP contribution is -2.50. The van der Waals surface area contributed by atoms with Crippen LogP contribution in [0.2, 0.25) is 0 Å². The van der Waals surface area contributed by atoms with E-state index in [2.05, 4.69) is 31.0 Å². The van der Waals surface area contributed by atoms with Gasteiger partial charge in [0.15, 0.2) is 9.90 Å². The van der Waals surface area contributed by atoms with E-state index in [9.17, 15) is 23.4 Å². The average Bonchev–Trinajstić information content (AvgIpc) is 3.29. The molecule has 3 aromatic rings. The summed E-state index contributed by atoms with van der Waals surface area (Å²) in [5.41, 5.74) is 0.512. The molecule has 37 heavy (non-hydrogen) atoms. The minimum absolute atomic E-state index is 0.0340. The Bertz CT molecular complexity index is 1340. The molecule has 2 aliphatic rings. The zero-order valence-corrected chi connectivity index (χ0v) is 22.0. The molecule has 1 aromatic carbocycles. The zero-order valence-electron chi connectivity index (χ0n) is 20.4. The van der Waals surface area contributed by atoms with E-state index in [4.69, 9.17) is 0 Å². The van der Waals surface area contributed by atoms with Crippen LogP contribution >= 0.6 is 11.3 Å². The van der Waals surface area contributed by atoms with Gasteiger partial charge in [-0.15, -0.1) is 14.9 Å². The van der Waals surface area contributed by atoms with Crippen molar-refractivity contribution >= 4 is 45.2 Å². The molecule has 14 heteroatoms. The molecule has 3 heterocycles. The predicted molar refractivity (Wildman–Crippen MR) is 135 cm³/mol. The first-order chi connectivity index (χ1) is 17.7. The average molecular weight is 549 g/mol. The summed E-state index contributed by atoms with van der Waals surface area (Å²) in [5.74, 6) is 0.102. The third-order valence-electron chi connectivity index (χ3n) is 6.87. The van der Waals surface area contributed by atoms with Crippen LogP contribution in [0.5, 0.6) is 0 Å². The first-order valence-electron chi connectivity index (χ1n) is 12.0. The van der Waals surface area contributed by atoms with Crippen LogP contribution in [0, 0.1) is 17.2 Å². The Balaban J connectivity index is 1.50. The highest BCUT2D eigenvalue weighted by Gasteiger charge is 2.48. The van der Waals surface area contributed by atoms with Crippen molar-refractivity contribution in [3.8, 4) is 11.2 Å². The molecule has 1 N–H and O–H groups in total. The van der Waals surface area contributed by atoms with Crippen LogP contribution in [0.1, 0.15) is 44.5 Å². The minimum Gasteiger partial charge on any atom is -0.593 e. The second-order valence-electron chi connectivity index (χ2n) is 9.34. The summed E-state index contributed by atoms with van der Waals surface area (Å²) >= 11 is -0.954. The number of fused-ring (bicyclic) bond motifs is 1. The molecule has 2 unspecified atom stereocenters. The molecule has 5 rings (SSSR count). The largest absolute Gasteiger partial charge is 0.593 e. The Morgan fingerprint density at radius 1 is 1.30 bits per heavy atom. The lowest BCUT2D eigenvalue weighted by Gasteiger charge is -2.37. The number of nitriles is 1. The summed E-state index contributed by atoms with van der Waals surface area (Å²) in [6.45, 7) is 6.17. The van der Waals surface area contributed by atoms with Crippen LogP contribution in [0.25, 0.3) is 16.0 Å². The van der Waals surface area contributed by atoms with Gasteiger partial charge in [-0.2, -0.15) is 10.4 Å². The van der Waals surface area contributed by atoms with E-state index in [0.717, 1.165) is 28.8 Å². The van der Waals surface area contributed by atoms with Gasteiger partial charge >= 0.3 is 0 Å². The van der Waals surface area contributed by atoms with Crippen LogP contribution in [-0.4, -0.2) is 67.1 Å². The van der Waals surface area contributed by atoms with Crippen molar-refractivity contribution in [3.63, 3.8) is 0 Å². The molecule has 1 saturated carbocycles. The Hall–Kier alpha value is -2.86. The fraction of sp³-hybridized carbons (Fsp3) is 0.522. The normalized spacial score (nSPS) is 18.7. The Kier molecular flexibility index (Phi) is 7.06. The topological polar surface area (TPSA) is 126 Å². The number of halogens is 2. The molecule has 0 radical (unpaired) electrons. The number of carbonyl (C=O) groups is 1. The molecule has 1 aliphatic heterocycles. The van der Waals surface area contributed by atoms with Crippen LogP contribution < -0.4 is 9.62 Å². The molecule has 2 aromatic heterocycles. The van der Waals surface area contributed by atoms with E-state index in [1.807, 2.05) is 24.8 Å². The lowest BCUT2D eigenvalue weighted by atomic mass is 10.1. The second kappa shape index (κ2) is 10.1. The summed E-state index contributed by atoms with van der Waals surface area (Å²) in [6, 6.07) is 5.67. The minimum atomic E-state index is -2.74. The maximum Gasteiger partial charge on any atom is 0.291 e. The van der Waals surface area contributed by atoms with Gasteiger partial charge in [-0.1, -0.05) is 25.2 Å². The summed E-state index contributed by atoms with van der Waals surface area (Å²) in [6.07, 6.45) is 0.905. The number of amides is 1. The zero-order chi connectivity index (χ0) is 26.3. The number of anilines is 1. The SMILES string of the molecule is CCC(C)C(=O)N1CCN(c2cc([S+]([O-])NC3(C#N)CC3)cc3c2cnn3-c2nnc(C(F)F)s2)CC1. The molecular formula is C23H26F2N8O2S2. The highest BCUT2D eigenvalue weighted by atomic mass is 32.2. The van der Waals surface area contributed by atoms with Gasteiger partial charge in [-0.3, -0.25) is 4.79 Å². The number of rotatable bonds is 8. The van der Waals surface area contributed by atoms with E-state index in [1.165, 1.54) is 4.68 Å². The van der Waals surface area contributed by atoms with Gasteiger partial charge in [0, 0.05) is 49.6 Å². The fourth-order valence-corrected chi connectivity index (χ4v) is 6.09. The number of nitrogens with one attached hydrogen (secondary N) is 1. The number of piperazine rings is 1. The molecule has 10 nitrogen and oxygen atoms in total.